The second-order valence-corrected chi connectivity index (χ2v) is 10.7. The number of phenols is 1. The fourth-order valence-corrected chi connectivity index (χ4v) is 5.69. The summed E-state index contributed by atoms with van der Waals surface area (Å²) in [4.78, 5) is 11.9. The minimum Gasteiger partial charge on any atom is -0.508 e. The molecular formula is C27H42O4. The Morgan fingerprint density at radius 3 is 2.06 bits per heavy atom. The number of benzene rings is 1. The summed E-state index contributed by atoms with van der Waals surface area (Å²) in [7, 11) is 0. The van der Waals surface area contributed by atoms with E-state index in [1.807, 2.05) is 32.9 Å². The molecule has 1 aromatic rings. The van der Waals surface area contributed by atoms with E-state index in [4.69, 9.17) is 14.6 Å². The van der Waals surface area contributed by atoms with Gasteiger partial charge in [-0.25, -0.2) is 0 Å². The monoisotopic (exact) mass is 430 g/mol. The summed E-state index contributed by atoms with van der Waals surface area (Å²) in [5.74, 6) is 4.17. The summed E-state index contributed by atoms with van der Waals surface area (Å²) in [6.45, 7) is 10.4. The highest BCUT2D eigenvalue weighted by atomic mass is 16.7. The first-order valence-electron chi connectivity index (χ1n) is 12.3. The molecule has 1 N–H and O–H groups in total. The van der Waals surface area contributed by atoms with Gasteiger partial charge in [0.1, 0.15) is 5.75 Å². The molecule has 174 valence electrons. The van der Waals surface area contributed by atoms with Crippen molar-refractivity contribution in [2.75, 3.05) is 6.79 Å². The molecular weight excluding hydrogens is 388 g/mol. The molecule has 4 heteroatoms. The van der Waals surface area contributed by atoms with Crippen LogP contribution in [0.2, 0.25) is 0 Å². The lowest BCUT2D eigenvalue weighted by Crippen LogP contribution is -2.49. The van der Waals surface area contributed by atoms with Gasteiger partial charge in [0.15, 0.2) is 6.79 Å². The fraction of sp³-hybridized carbons (Fsp3) is 0.741. The van der Waals surface area contributed by atoms with Crippen LogP contribution < -0.4 is 0 Å². The minimum atomic E-state index is -0.395. The fourth-order valence-electron chi connectivity index (χ4n) is 5.69. The summed E-state index contributed by atoms with van der Waals surface area (Å²) in [6, 6.07) is 7.43. The third-order valence-electron chi connectivity index (χ3n) is 8.10. The first-order chi connectivity index (χ1) is 14.7. The van der Waals surface area contributed by atoms with E-state index in [2.05, 4.69) is 13.8 Å². The van der Waals surface area contributed by atoms with Gasteiger partial charge in [-0.3, -0.25) is 4.79 Å². The van der Waals surface area contributed by atoms with Gasteiger partial charge in [0, 0.05) is 0 Å². The molecule has 0 heterocycles. The molecule has 1 unspecified atom stereocenters. The quantitative estimate of drug-likeness (QED) is 0.388. The van der Waals surface area contributed by atoms with Crippen LogP contribution in [0.3, 0.4) is 0 Å². The van der Waals surface area contributed by atoms with Crippen LogP contribution in [0.25, 0.3) is 0 Å². The maximum absolute atomic E-state index is 11.9. The summed E-state index contributed by atoms with van der Waals surface area (Å²) in [5, 5.41) is 9.01. The summed E-state index contributed by atoms with van der Waals surface area (Å²) in [5.41, 5.74) is 0.901. The third-order valence-corrected chi connectivity index (χ3v) is 8.10. The van der Waals surface area contributed by atoms with Crippen molar-refractivity contribution in [1.82, 2.24) is 0 Å². The number of ether oxygens (including phenoxy) is 2. The van der Waals surface area contributed by atoms with Crippen molar-refractivity contribution >= 4 is 5.97 Å². The van der Waals surface area contributed by atoms with E-state index in [0.717, 1.165) is 36.5 Å². The molecule has 1 atom stereocenters. The van der Waals surface area contributed by atoms with Gasteiger partial charge in [-0.1, -0.05) is 32.9 Å². The van der Waals surface area contributed by atoms with Crippen LogP contribution in [0, 0.1) is 29.1 Å². The van der Waals surface area contributed by atoms with E-state index >= 15 is 0 Å². The molecule has 0 amide bonds. The molecule has 1 aromatic carbocycles. The maximum Gasteiger partial charge on any atom is 0.313 e. The normalized spacial score (nSPS) is 29.8. The van der Waals surface area contributed by atoms with E-state index in [0.29, 0.717) is 17.8 Å². The molecule has 0 aromatic heterocycles. The van der Waals surface area contributed by atoms with Crippen LogP contribution in [-0.2, 0) is 14.3 Å². The Kier molecular flexibility index (Phi) is 8.07. The molecule has 0 aliphatic heterocycles. The summed E-state index contributed by atoms with van der Waals surface area (Å²) in [6.07, 6.45) is 9.10. The Bertz CT molecular complexity index is 680. The van der Waals surface area contributed by atoms with Crippen LogP contribution in [0.1, 0.15) is 91.0 Å². The second-order valence-electron chi connectivity index (χ2n) is 10.7. The lowest BCUT2D eigenvalue weighted by molar-refractivity contribution is -0.193. The van der Waals surface area contributed by atoms with E-state index in [1.54, 1.807) is 12.1 Å². The van der Waals surface area contributed by atoms with Gasteiger partial charge in [-0.15, -0.1) is 0 Å². The molecule has 4 aliphatic carbocycles. The van der Waals surface area contributed by atoms with Crippen LogP contribution in [0.4, 0.5) is 0 Å². The topological polar surface area (TPSA) is 55.8 Å². The largest absolute Gasteiger partial charge is 0.508 e. The Hall–Kier alpha value is -1.55. The van der Waals surface area contributed by atoms with Crippen LogP contribution in [0.15, 0.2) is 24.3 Å². The standard InChI is InChI=1S/C17H28O3.C10H14O/c1-4-17(2,3)16(18)20-10-19-15-13-6-11-5-12(8-13)9-14(15)7-11;1-3-8(2)9-4-6-10(11)7-5-9/h11-15H,4-10H2,1-3H3;4-8,11H,3H2,1-2H3. The van der Waals surface area contributed by atoms with Crippen molar-refractivity contribution in [1.29, 1.82) is 0 Å². The number of carbonyl (C=O) groups is 1. The molecule has 0 saturated heterocycles. The predicted octanol–water partition coefficient (Wildman–Crippen LogP) is 6.67. The third kappa shape index (κ3) is 6.03. The molecule has 4 saturated carbocycles. The Balaban J connectivity index is 0.000000210. The average molecular weight is 431 g/mol. The number of aromatic hydroxyl groups is 1. The predicted molar refractivity (Wildman–Crippen MR) is 124 cm³/mol. The lowest BCUT2D eigenvalue weighted by atomic mass is 9.55. The van der Waals surface area contributed by atoms with E-state index < -0.39 is 5.41 Å². The highest BCUT2D eigenvalue weighted by molar-refractivity contribution is 5.75. The van der Waals surface area contributed by atoms with Crippen molar-refractivity contribution in [3.8, 4) is 5.75 Å². The first kappa shape index (κ1) is 24.1. The Morgan fingerprint density at radius 2 is 1.58 bits per heavy atom. The zero-order valence-electron chi connectivity index (χ0n) is 20.1. The zero-order chi connectivity index (χ0) is 22.6. The molecule has 4 nitrogen and oxygen atoms in total. The number of hydrogen-bond acceptors (Lipinski definition) is 4. The molecule has 4 aliphatic rings. The van der Waals surface area contributed by atoms with Gasteiger partial charge in [0.25, 0.3) is 0 Å². The van der Waals surface area contributed by atoms with Gasteiger partial charge in [0.05, 0.1) is 11.5 Å². The zero-order valence-corrected chi connectivity index (χ0v) is 20.1. The van der Waals surface area contributed by atoms with Gasteiger partial charge in [-0.2, -0.15) is 0 Å². The van der Waals surface area contributed by atoms with Crippen LogP contribution in [0.5, 0.6) is 5.75 Å². The van der Waals surface area contributed by atoms with Crippen molar-refractivity contribution in [2.24, 2.45) is 29.1 Å². The van der Waals surface area contributed by atoms with Crippen molar-refractivity contribution in [3.63, 3.8) is 0 Å². The minimum absolute atomic E-state index is 0.135. The lowest BCUT2D eigenvalue weighted by Gasteiger charge is -2.53. The van der Waals surface area contributed by atoms with E-state index in [9.17, 15) is 4.79 Å². The Labute approximate surface area is 188 Å². The van der Waals surface area contributed by atoms with Gasteiger partial charge >= 0.3 is 5.97 Å². The number of carbonyl (C=O) groups excluding carboxylic acids is 1. The van der Waals surface area contributed by atoms with Crippen molar-refractivity contribution in [2.45, 2.75) is 91.6 Å². The van der Waals surface area contributed by atoms with Crippen LogP contribution >= 0.6 is 0 Å². The second kappa shape index (κ2) is 10.4. The molecule has 4 bridgehead atoms. The highest BCUT2D eigenvalue weighted by Crippen LogP contribution is 2.54. The van der Waals surface area contributed by atoms with Gasteiger partial charge in [0.2, 0.25) is 0 Å². The average Bonchev–Trinajstić information content (AvgIpc) is 2.75. The van der Waals surface area contributed by atoms with Gasteiger partial charge in [-0.05, 0) is 106 Å². The summed E-state index contributed by atoms with van der Waals surface area (Å²) < 4.78 is 11.3. The van der Waals surface area contributed by atoms with E-state index in [1.165, 1.54) is 37.7 Å². The number of esters is 1. The number of rotatable bonds is 7. The SMILES string of the molecule is CCC(C)(C)C(=O)OCOC1C2CC3CC(C2)CC1C3.CCC(C)c1ccc(O)cc1. The Morgan fingerprint density at radius 1 is 1.03 bits per heavy atom. The molecule has 31 heavy (non-hydrogen) atoms. The number of phenolic OH excluding ortho intramolecular Hbond substituents is 1. The molecule has 5 rings (SSSR count). The molecule has 0 radical (unpaired) electrons. The highest BCUT2D eigenvalue weighted by Gasteiger charge is 2.48. The summed E-state index contributed by atoms with van der Waals surface area (Å²) >= 11 is 0. The maximum atomic E-state index is 11.9. The van der Waals surface area contributed by atoms with Crippen molar-refractivity contribution < 1.29 is 19.4 Å². The number of hydrogen-bond donors (Lipinski definition) is 1. The molecule has 0 spiro atoms. The molecule has 4 fully saturated rings. The van der Waals surface area contributed by atoms with E-state index in [-0.39, 0.29) is 12.8 Å². The first-order valence-corrected chi connectivity index (χ1v) is 12.3. The van der Waals surface area contributed by atoms with Crippen molar-refractivity contribution in [3.05, 3.63) is 29.8 Å². The van der Waals surface area contributed by atoms with Gasteiger partial charge < -0.3 is 14.6 Å². The smallest absolute Gasteiger partial charge is 0.313 e. The van der Waals surface area contributed by atoms with Crippen LogP contribution in [-0.4, -0.2) is 24.0 Å².